The summed E-state index contributed by atoms with van der Waals surface area (Å²) in [6, 6.07) is 0.639. The van der Waals surface area contributed by atoms with Gasteiger partial charge in [0.15, 0.2) is 0 Å². The highest BCUT2D eigenvalue weighted by Crippen LogP contribution is 2.36. The number of hydrogen-bond acceptors (Lipinski definition) is 3. The van der Waals surface area contributed by atoms with E-state index in [0.29, 0.717) is 11.5 Å². The summed E-state index contributed by atoms with van der Waals surface area (Å²) in [5.41, 5.74) is 1.55. The number of nitrogens with zero attached hydrogens (tertiary/aromatic N) is 3. The molecule has 4 heteroatoms. The van der Waals surface area contributed by atoms with Crippen LogP contribution in [0.5, 0.6) is 0 Å². The third-order valence-corrected chi connectivity index (χ3v) is 3.77. The molecule has 0 bridgehead atoms. The quantitative estimate of drug-likeness (QED) is 0.897. The van der Waals surface area contributed by atoms with E-state index in [9.17, 15) is 0 Å². The first-order valence-corrected chi connectivity index (χ1v) is 6.91. The van der Waals surface area contributed by atoms with Crippen molar-refractivity contribution in [1.29, 1.82) is 0 Å². The predicted octanol–water partition coefficient (Wildman–Crippen LogP) is 2.70. The second-order valence-corrected chi connectivity index (χ2v) is 7.31. The van der Waals surface area contributed by atoms with Gasteiger partial charge in [-0.05, 0) is 45.4 Å². The van der Waals surface area contributed by atoms with Crippen LogP contribution in [-0.2, 0) is 12.1 Å². The Morgan fingerprint density at radius 1 is 1.44 bits per heavy atom. The maximum atomic E-state index is 4.23. The lowest BCUT2D eigenvalue weighted by molar-refractivity contribution is 0.346. The van der Waals surface area contributed by atoms with E-state index in [0.717, 1.165) is 12.2 Å². The van der Waals surface area contributed by atoms with E-state index < -0.39 is 0 Å². The highest BCUT2D eigenvalue weighted by Gasteiger charge is 2.30. The van der Waals surface area contributed by atoms with E-state index in [4.69, 9.17) is 0 Å². The monoisotopic (exact) mass is 250 g/mol. The lowest BCUT2D eigenvalue weighted by atomic mass is 9.92. The first-order chi connectivity index (χ1) is 8.26. The SMILES string of the molecule is CC1(C)CCC(NCc2cn(C(C)(C)C)nn2)C1. The zero-order valence-electron chi connectivity index (χ0n) is 12.3. The molecule has 0 amide bonds. The summed E-state index contributed by atoms with van der Waals surface area (Å²) < 4.78 is 1.93. The van der Waals surface area contributed by atoms with Crippen molar-refractivity contribution in [3.8, 4) is 0 Å². The van der Waals surface area contributed by atoms with Gasteiger partial charge in [0.25, 0.3) is 0 Å². The van der Waals surface area contributed by atoms with E-state index in [1.54, 1.807) is 0 Å². The van der Waals surface area contributed by atoms with E-state index in [1.165, 1.54) is 19.3 Å². The topological polar surface area (TPSA) is 42.7 Å². The van der Waals surface area contributed by atoms with Gasteiger partial charge in [0, 0.05) is 12.6 Å². The number of rotatable bonds is 3. The molecule has 1 saturated carbocycles. The van der Waals surface area contributed by atoms with Crippen molar-refractivity contribution >= 4 is 0 Å². The van der Waals surface area contributed by atoms with Gasteiger partial charge in [0.2, 0.25) is 0 Å². The van der Waals surface area contributed by atoms with Crippen LogP contribution in [0.3, 0.4) is 0 Å². The van der Waals surface area contributed by atoms with Crippen LogP contribution in [0.1, 0.15) is 59.6 Å². The molecule has 1 N–H and O–H groups in total. The Labute approximate surface area is 110 Å². The van der Waals surface area contributed by atoms with Crippen LogP contribution in [0.4, 0.5) is 0 Å². The summed E-state index contributed by atoms with van der Waals surface area (Å²) in [7, 11) is 0. The molecule has 1 heterocycles. The molecule has 4 nitrogen and oxygen atoms in total. The molecule has 0 aromatic carbocycles. The average Bonchev–Trinajstić information content (AvgIpc) is 2.80. The molecule has 102 valence electrons. The van der Waals surface area contributed by atoms with E-state index in [1.807, 2.05) is 10.9 Å². The van der Waals surface area contributed by atoms with Gasteiger partial charge in [-0.25, -0.2) is 4.68 Å². The second-order valence-electron chi connectivity index (χ2n) is 7.31. The summed E-state index contributed by atoms with van der Waals surface area (Å²) in [5.74, 6) is 0. The standard InChI is InChI=1S/C14H26N4/c1-13(2,3)18-10-12(16-17-18)9-15-11-6-7-14(4,5)8-11/h10-11,15H,6-9H2,1-5H3. The van der Waals surface area contributed by atoms with Gasteiger partial charge in [-0.2, -0.15) is 0 Å². The second kappa shape index (κ2) is 4.65. The largest absolute Gasteiger partial charge is 0.308 e. The summed E-state index contributed by atoms with van der Waals surface area (Å²) in [6.45, 7) is 11.9. The zero-order valence-corrected chi connectivity index (χ0v) is 12.3. The van der Waals surface area contributed by atoms with Gasteiger partial charge in [-0.3, -0.25) is 0 Å². The van der Waals surface area contributed by atoms with Crippen LogP contribution in [0.2, 0.25) is 0 Å². The van der Waals surface area contributed by atoms with Crippen molar-refractivity contribution in [2.75, 3.05) is 0 Å². The van der Waals surface area contributed by atoms with Gasteiger partial charge in [0.05, 0.1) is 17.4 Å². The third kappa shape index (κ3) is 3.31. The Bertz CT molecular complexity index is 400. The van der Waals surface area contributed by atoms with E-state index in [-0.39, 0.29) is 5.54 Å². The van der Waals surface area contributed by atoms with E-state index >= 15 is 0 Å². The first-order valence-electron chi connectivity index (χ1n) is 6.91. The van der Waals surface area contributed by atoms with Gasteiger partial charge in [-0.15, -0.1) is 5.10 Å². The molecule has 18 heavy (non-hydrogen) atoms. The first kappa shape index (κ1) is 13.5. The Morgan fingerprint density at radius 2 is 2.17 bits per heavy atom. The minimum absolute atomic E-state index is 0.0145. The fraction of sp³-hybridized carbons (Fsp3) is 0.857. The zero-order chi connectivity index (χ0) is 13.4. The molecule has 0 aliphatic heterocycles. The Balaban J connectivity index is 1.86. The molecule has 1 aromatic heterocycles. The fourth-order valence-corrected chi connectivity index (χ4v) is 2.57. The molecule has 1 aromatic rings. The fourth-order valence-electron chi connectivity index (χ4n) is 2.57. The lowest BCUT2D eigenvalue weighted by Gasteiger charge is -2.18. The minimum atomic E-state index is 0.0145. The van der Waals surface area contributed by atoms with Crippen molar-refractivity contribution in [3.63, 3.8) is 0 Å². The third-order valence-electron chi connectivity index (χ3n) is 3.77. The average molecular weight is 250 g/mol. The molecule has 1 unspecified atom stereocenters. The van der Waals surface area contributed by atoms with Crippen molar-refractivity contribution in [3.05, 3.63) is 11.9 Å². The lowest BCUT2D eigenvalue weighted by Crippen LogP contribution is -2.27. The molecular weight excluding hydrogens is 224 g/mol. The normalized spacial score (nSPS) is 23.5. The molecule has 2 rings (SSSR count). The number of aromatic nitrogens is 3. The van der Waals surface area contributed by atoms with Crippen LogP contribution < -0.4 is 5.32 Å². The molecule has 0 spiro atoms. The Hall–Kier alpha value is -0.900. The Morgan fingerprint density at radius 3 is 2.67 bits per heavy atom. The van der Waals surface area contributed by atoms with Crippen molar-refractivity contribution < 1.29 is 0 Å². The van der Waals surface area contributed by atoms with Gasteiger partial charge in [0.1, 0.15) is 0 Å². The highest BCUT2D eigenvalue weighted by atomic mass is 15.4. The highest BCUT2D eigenvalue weighted by molar-refractivity contribution is 4.96. The van der Waals surface area contributed by atoms with Crippen LogP contribution in [-0.4, -0.2) is 21.0 Å². The van der Waals surface area contributed by atoms with Gasteiger partial charge in [-0.1, -0.05) is 19.1 Å². The Kier molecular flexibility index (Phi) is 3.49. The van der Waals surface area contributed by atoms with Crippen molar-refractivity contribution in [2.24, 2.45) is 5.41 Å². The molecule has 0 radical (unpaired) electrons. The number of nitrogens with one attached hydrogen (secondary N) is 1. The minimum Gasteiger partial charge on any atom is -0.308 e. The van der Waals surface area contributed by atoms with Crippen LogP contribution >= 0.6 is 0 Å². The van der Waals surface area contributed by atoms with Crippen LogP contribution in [0.15, 0.2) is 6.20 Å². The summed E-state index contributed by atoms with van der Waals surface area (Å²) in [6.07, 6.45) is 5.91. The van der Waals surface area contributed by atoms with Crippen LogP contribution in [0.25, 0.3) is 0 Å². The molecular formula is C14H26N4. The van der Waals surface area contributed by atoms with Crippen molar-refractivity contribution in [2.45, 2.75) is 72.0 Å². The van der Waals surface area contributed by atoms with Crippen LogP contribution in [0, 0.1) is 5.41 Å². The molecule has 1 atom stereocenters. The van der Waals surface area contributed by atoms with Gasteiger partial charge < -0.3 is 5.32 Å². The maximum Gasteiger partial charge on any atom is 0.0965 e. The molecule has 0 saturated heterocycles. The molecule has 1 aliphatic carbocycles. The molecule has 1 aliphatic rings. The summed E-state index contributed by atoms with van der Waals surface area (Å²) >= 11 is 0. The smallest absolute Gasteiger partial charge is 0.0965 e. The molecule has 1 fully saturated rings. The maximum absolute atomic E-state index is 4.23. The number of hydrogen-bond donors (Lipinski definition) is 1. The van der Waals surface area contributed by atoms with Crippen molar-refractivity contribution in [1.82, 2.24) is 20.3 Å². The predicted molar refractivity (Wildman–Crippen MR) is 73.3 cm³/mol. The summed E-state index contributed by atoms with van der Waals surface area (Å²) in [4.78, 5) is 0. The summed E-state index contributed by atoms with van der Waals surface area (Å²) in [5, 5.41) is 12.0. The van der Waals surface area contributed by atoms with E-state index in [2.05, 4.69) is 50.2 Å². The van der Waals surface area contributed by atoms with Gasteiger partial charge >= 0.3 is 0 Å².